The van der Waals surface area contributed by atoms with Crippen LogP contribution in [0.2, 0.25) is 0 Å². The molecule has 5 heterocycles. The predicted octanol–water partition coefficient (Wildman–Crippen LogP) is 17.2. The molecule has 0 unspecified atom stereocenters. The largest absolute Gasteiger partial charge is 0.172 e. The molecule has 0 fully saturated rings. The van der Waals surface area contributed by atoms with Crippen LogP contribution in [0.3, 0.4) is 0 Å². The van der Waals surface area contributed by atoms with Gasteiger partial charge in [-0.1, -0.05) is 109 Å². The quantitative estimate of drug-likeness (QED) is 0.115. The molecule has 3 aromatic carbocycles. The van der Waals surface area contributed by atoms with E-state index < -0.39 is 0 Å². The first-order chi connectivity index (χ1) is 28.2. The summed E-state index contributed by atoms with van der Waals surface area (Å²) in [6, 6.07) is 31.5. The molecule has 0 radical (unpaired) electrons. The molecule has 0 saturated carbocycles. The monoisotopic (exact) mass is 850 g/mol. The molecule has 0 saturated heterocycles. The fraction of sp³-hybridized carbons (Fsp3) is 0.255. The molecule has 0 spiro atoms. The lowest BCUT2D eigenvalue weighted by atomic mass is 9.84. The number of benzene rings is 3. The smallest absolute Gasteiger partial charge is 0.114 e. The van der Waals surface area contributed by atoms with Crippen LogP contribution in [-0.4, -0.2) is 8.75 Å². The van der Waals surface area contributed by atoms with Gasteiger partial charge in [0.05, 0.1) is 11.7 Å². The van der Waals surface area contributed by atoms with Crippen molar-refractivity contribution >= 4 is 92.4 Å². The highest BCUT2D eigenvalue weighted by Gasteiger charge is 2.28. The van der Waals surface area contributed by atoms with Crippen LogP contribution in [0.4, 0.5) is 0 Å². The van der Waals surface area contributed by atoms with Crippen molar-refractivity contribution in [3.05, 3.63) is 136 Å². The number of hydrogen-bond donors (Lipinski definition) is 0. The van der Waals surface area contributed by atoms with Crippen LogP contribution in [0.5, 0.6) is 0 Å². The summed E-state index contributed by atoms with van der Waals surface area (Å²) in [5.41, 5.74) is 14.6. The minimum atomic E-state index is 0.531. The second kappa shape index (κ2) is 17.5. The first-order valence-electron chi connectivity index (χ1n) is 20.5. The van der Waals surface area contributed by atoms with E-state index in [4.69, 9.17) is 8.75 Å². The first kappa shape index (κ1) is 40.5. The van der Waals surface area contributed by atoms with Crippen LogP contribution in [0.1, 0.15) is 112 Å². The molecule has 0 aliphatic rings. The lowest BCUT2D eigenvalue weighted by Crippen LogP contribution is -1.95. The first-order valence-corrected chi connectivity index (χ1v) is 24.5. The van der Waals surface area contributed by atoms with Gasteiger partial charge in [0.15, 0.2) is 0 Å². The van der Waals surface area contributed by atoms with E-state index in [1.165, 1.54) is 101 Å². The van der Waals surface area contributed by atoms with Crippen molar-refractivity contribution in [2.24, 2.45) is 0 Å². The standard InChI is InChI=1S/C51H50N2S5/c1-9-33-27-42(30(4)5)55-39(33)23-22-38-32(8)26-44(54-38)48-46(36-18-14-12-15-19-36)47(37-20-16-13-17-21-37)49(51-50(48)52-58-53-51)45-29-35(11-3)41(57-45)25-24-40-34(10-2)28-43(56-40)31(6)7/h12-31H,9-11H2,1-8H3/b23-22+,25-24+. The summed E-state index contributed by atoms with van der Waals surface area (Å²) in [6.07, 6.45) is 12.4. The van der Waals surface area contributed by atoms with Crippen molar-refractivity contribution in [2.75, 3.05) is 0 Å². The number of thiophene rings is 4. The minimum absolute atomic E-state index is 0.531. The second-order valence-electron chi connectivity index (χ2n) is 15.5. The summed E-state index contributed by atoms with van der Waals surface area (Å²) in [5, 5.41) is 0. The highest BCUT2D eigenvalue weighted by Crippen LogP contribution is 2.53. The molecule has 5 aromatic heterocycles. The summed E-state index contributed by atoms with van der Waals surface area (Å²) in [7, 11) is 0. The van der Waals surface area contributed by atoms with Gasteiger partial charge in [-0.25, -0.2) is 0 Å². The molecule has 294 valence electrons. The number of aromatic nitrogens is 2. The zero-order valence-corrected chi connectivity index (χ0v) is 38.7. The maximum absolute atomic E-state index is 5.16. The van der Waals surface area contributed by atoms with Gasteiger partial charge in [0, 0.05) is 61.3 Å². The van der Waals surface area contributed by atoms with Crippen molar-refractivity contribution in [2.45, 2.75) is 86.5 Å². The zero-order valence-electron chi connectivity index (χ0n) is 34.6. The van der Waals surface area contributed by atoms with Gasteiger partial charge in [0.1, 0.15) is 11.0 Å². The third kappa shape index (κ3) is 7.92. The Bertz CT molecular complexity index is 2750. The van der Waals surface area contributed by atoms with Crippen molar-refractivity contribution in [1.82, 2.24) is 8.75 Å². The maximum Gasteiger partial charge on any atom is 0.114 e. The molecule has 8 aromatic rings. The van der Waals surface area contributed by atoms with Crippen molar-refractivity contribution in [1.29, 1.82) is 0 Å². The Labute approximate surface area is 364 Å². The highest BCUT2D eigenvalue weighted by molar-refractivity contribution is 7.17. The normalized spacial score (nSPS) is 12.2. The highest BCUT2D eigenvalue weighted by atomic mass is 32.1. The number of rotatable bonds is 13. The topological polar surface area (TPSA) is 25.8 Å². The molecule has 0 aliphatic heterocycles. The molecule has 7 heteroatoms. The van der Waals surface area contributed by atoms with E-state index in [9.17, 15) is 0 Å². The Balaban J connectivity index is 1.34. The Morgan fingerprint density at radius 1 is 0.483 bits per heavy atom. The number of fused-ring (bicyclic) bond motifs is 1. The molecule has 2 nitrogen and oxygen atoms in total. The minimum Gasteiger partial charge on any atom is -0.172 e. The van der Waals surface area contributed by atoms with E-state index in [2.05, 4.69) is 165 Å². The predicted molar refractivity (Wildman–Crippen MR) is 262 cm³/mol. The van der Waals surface area contributed by atoms with E-state index >= 15 is 0 Å². The van der Waals surface area contributed by atoms with Gasteiger partial charge in [0.25, 0.3) is 0 Å². The molecule has 0 aliphatic carbocycles. The third-order valence-corrected chi connectivity index (χ3v) is 16.7. The van der Waals surface area contributed by atoms with Crippen molar-refractivity contribution < 1.29 is 0 Å². The van der Waals surface area contributed by atoms with Crippen LogP contribution in [0.25, 0.3) is 78.5 Å². The molecule has 0 amide bonds. The van der Waals surface area contributed by atoms with E-state index in [-0.39, 0.29) is 0 Å². The van der Waals surface area contributed by atoms with Crippen LogP contribution in [0.15, 0.2) is 84.9 Å². The molecular weight excluding hydrogens is 801 g/mol. The van der Waals surface area contributed by atoms with E-state index in [0.29, 0.717) is 11.8 Å². The second-order valence-corrected chi connectivity index (χ2v) is 20.4. The van der Waals surface area contributed by atoms with E-state index in [0.717, 1.165) is 35.9 Å². The van der Waals surface area contributed by atoms with Gasteiger partial charge in [-0.05, 0) is 120 Å². The Morgan fingerprint density at radius 2 is 0.879 bits per heavy atom. The molecule has 0 N–H and O–H groups in total. The summed E-state index contributed by atoms with van der Waals surface area (Å²) in [4.78, 5) is 10.7. The van der Waals surface area contributed by atoms with Gasteiger partial charge in [-0.15, -0.1) is 45.3 Å². The average molecular weight is 851 g/mol. The average Bonchev–Trinajstić information content (AvgIpc) is 4.09. The molecule has 0 bridgehead atoms. The molecule has 8 rings (SSSR count). The fourth-order valence-corrected chi connectivity index (χ4v) is 12.9. The molecule has 0 atom stereocenters. The number of aryl methyl sites for hydroxylation is 4. The maximum atomic E-state index is 5.16. The Kier molecular flexibility index (Phi) is 12.3. The van der Waals surface area contributed by atoms with Gasteiger partial charge in [0.2, 0.25) is 0 Å². The van der Waals surface area contributed by atoms with Crippen LogP contribution in [-0.2, 0) is 19.3 Å². The van der Waals surface area contributed by atoms with E-state index in [1.54, 1.807) is 0 Å². The third-order valence-electron chi connectivity index (χ3n) is 10.9. The van der Waals surface area contributed by atoms with Gasteiger partial charge in [-0.2, -0.15) is 8.75 Å². The summed E-state index contributed by atoms with van der Waals surface area (Å²) in [6.45, 7) is 18.2. The SMILES string of the molecule is CCc1cc(-c2c(-c3ccccc3)c(-c3ccccc3)c(-c3cc(C)c(/C=C/c4sc(C(C)C)cc4CC)s3)c3nsnc23)sc1/C=C/c1sc(C(C)C)cc1CC. The zero-order chi connectivity index (χ0) is 40.5. The van der Waals surface area contributed by atoms with Crippen LogP contribution < -0.4 is 0 Å². The molecular formula is C51H50N2S5. The summed E-state index contributed by atoms with van der Waals surface area (Å²) in [5.74, 6) is 1.06. The van der Waals surface area contributed by atoms with Crippen molar-refractivity contribution in [3.63, 3.8) is 0 Å². The number of nitrogens with zero attached hydrogens (tertiary/aromatic N) is 2. The summed E-state index contributed by atoms with van der Waals surface area (Å²) < 4.78 is 10.3. The lowest BCUT2D eigenvalue weighted by Gasteiger charge is -2.20. The van der Waals surface area contributed by atoms with Gasteiger partial charge in [-0.3, -0.25) is 0 Å². The molecule has 58 heavy (non-hydrogen) atoms. The van der Waals surface area contributed by atoms with Crippen LogP contribution >= 0.6 is 57.1 Å². The van der Waals surface area contributed by atoms with Crippen molar-refractivity contribution in [3.8, 4) is 43.1 Å². The van der Waals surface area contributed by atoms with Crippen LogP contribution in [0, 0.1) is 6.92 Å². The lowest BCUT2D eigenvalue weighted by molar-refractivity contribution is 0.887. The van der Waals surface area contributed by atoms with Gasteiger partial charge >= 0.3 is 0 Å². The summed E-state index contributed by atoms with van der Waals surface area (Å²) >= 11 is 8.93. The number of hydrogen-bond acceptors (Lipinski definition) is 7. The Morgan fingerprint density at radius 3 is 1.33 bits per heavy atom. The van der Waals surface area contributed by atoms with Gasteiger partial charge < -0.3 is 0 Å². The Hall–Kier alpha value is -4.24. The fourth-order valence-electron chi connectivity index (χ4n) is 7.67. The van der Waals surface area contributed by atoms with E-state index in [1.807, 2.05) is 45.3 Å².